The predicted molar refractivity (Wildman–Crippen MR) is 104 cm³/mol. The van der Waals surface area contributed by atoms with Crippen LogP contribution < -0.4 is 5.73 Å². The monoisotopic (exact) mass is 474 g/mol. The first kappa shape index (κ1) is 24.3. The fraction of sp³-hybridized carbons (Fsp3) is 0.400. The fourth-order valence-electron chi connectivity index (χ4n) is 3.49. The van der Waals surface area contributed by atoms with Crippen LogP contribution in [0.5, 0.6) is 0 Å². The van der Waals surface area contributed by atoms with E-state index < -0.39 is 29.6 Å². The molecule has 0 unspecified atom stereocenters. The van der Waals surface area contributed by atoms with Crippen LogP contribution in [0.4, 0.5) is 26.3 Å². The van der Waals surface area contributed by atoms with Crippen molar-refractivity contribution in [2.45, 2.75) is 45.0 Å². The summed E-state index contributed by atoms with van der Waals surface area (Å²) < 4.78 is 77.0. The summed E-state index contributed by atoms with van der Waals surface area (Å²) in [6.07, 6.45) is -1.90. The van der Waals surface area contributed by atoms with Gasteiger partial charge in [-0.2, -0.15) is 36.5 Å². The van der Waals surface area contributed by atoms with Gasteiger partial charge in [-0.15, -0.1) is 0 Å². The maximum absolute atomic E-state index is 12.9. The highest BCUT2D eigenvalue weighted by Gasteiger charge is 2.36. The molecule has 1 aliphatic rings. The Hall–Kier alpha value is -3.38. The smallest absolute Gasteiger partial charge is 0.364 e. The molecule has 4 rings (SSSR count). The van der Waals surface area contributed by atoms with E-state index in [2.05, 4.69) is 15.2 Å². The quantitative estimate of drug-likeness (QED) is 0.569. The highest BCUT2D eigenvalue weighted by Crippen LogP contribution is 2.32. The lowest BCUT2D eigenvalue weighted by molar-refractivity contribution is -0.142. The topological polar surface area (TPSA) is 91.6 Å². The molecule has 1 amide bonds. The molecule has 1 aliphatic carbocycles. The van der Waals surface area contributed by atoms with Crippen molar-refractivity contribution in [3.63, 3.8) is 0 Å². The highest BCUT2D eigenvalue weighted by atomic mass is 19.4. The first-order valence-electron chi connectivity index (χ1n) is 9.80. The second kappa shape index (κ2) is 8.87. The van der Waals surface area contributed by atoms with E-state index in [9.17, 15) is 31.1 Å². The Morgan fingerprint density at radius 3 is 2.24 bits per heavy atom. The summed E-state index contributed by atoms with van der Waals surface area (Å²) in [6, 6.07) is 2.19. The molecule has 7 nitrogen and oxygen atoms in total. The number of amides is 1. The Bertz CT molecular complexity index is 1140. The summed E-state index contributed by atoms with van der Waals surface area (Å²) in [4.78, 5) is 14.0. The standard InChI is InChI=1S/C14H14F3N3.C6H6F3N3O/c1-9-12(6-7-18-13(9)14(15,16)17)20-8-10-4-2-3-5-11(10)19-20;1-12-3(5(10)13)2-4(11-12)6(7,8)9/h6-8H,2-5H2,1H3;2H,1H3,(H2,10,13). The molecular formula is C20H20F6N6O. The van der Waals surface area contributed by atoms with Gasteiger partial charge in [0.2, 0.25) is 0 Å². The average Bonchev–Trinajstić information content (AvgIpc) is 3.31. The van der Waals surface area contributed by atoms with Gasteiger partial charge in [0.1, 0.15) is 11.4 Å². The number of aryl methyl sites for hydroxylation is 3. The summed E-state index contributed by atoms with van der Waals surface area (Å²) >= 11 is 0. The molecule has 0 saturated heterocycles. The van der Waals surface area contributed by atoms with Crippen LogP contribution in [-0.4, -0.2) is 30.5 Å². The Morgan fingerprint density at radius 2 is 1.73 bits per heavy atom. The minimum atomic E-state index is -4.55. The molecule has 0 aromatic carbocycles. The van der Waals surface area contributed by atoms with Gasteiger partial charge < -0.3 is 5.73 Å². The molecule has 178 valence electrons. The summed E-state index contributed by atoms with van der Waals surface area (Å²) in [7, 11) is 1.22. The molecule has 0 aliphatic heterocycles. The molecule has 3 heterocycles. The van der Waals surface area contributed by atoms with Gasteiger partial charge in [0.25, 0.3) is 5.91 Å². The lowest BCUT2D eigenvalue weighted by Gasteiger charge is -2.12. The predicted octanol–water partition coefficient (Wildman–Crippen LogP) is 4.01. The fourth-order valence-corrected chi connectivity index (χ4v) is 3.49. The number of carbonyl (C=O) groups is 1. The van der Waals surface area contributed by atoms with Crippen LogP contribution in [0.3, 0.4) is 0 Å². The van der Waals surface area contributed by atoms with Crippen molar-refractivity contribution in [1.29, 1.82) is 0 Å². The molecule has 3 aromatic heterocycles. The van der Waals surface area contributed by atoms with E-state index in [4.69, 9.17) is 5.73 Å². The third kappa shape index (κ3) is 5.34. The zero-order valence-corrected chi connectivity index (χ0v) is 17.6. The normalized spacial score (nSPS) is 13.8. The van der Waals surface area contributed by atoms with Crippen LogP contribution in [0.25, 0.3) is 5.69 Å². The van der Waals surface area contributed by atoms with E-state index in [0.29, 0.717) is 11.8 Å². The van der Waals surface area contributed by atoms with Gasteiger partial charge in [-0.05, 0) is 44.2 Å². The summed E-state index contributed by atoms with van der Waals surface area (Å²) in [5.74, 6) is -0.939. The van der Waals surface area contributed by atoms with Crippen LogP contribution in [0.2, 0.25) is 0 Å². The average molecular weight is 474 g/mol. The largest absolute Gasteiger partial charge is 0.435 e. The van der Waals surface area contributed by atoms with Gasteiger partial charge >= 0.3 is 12.4 Å². The van der Waals surface area contributed by atoms with Gasteiger partial charge in [-0.25, -0.2) is 4.68 Å². The van der Waals surface area contributed by atoms with Crippen LogP contribution >= 0.6 is 0 Å². The molecule has 0 radical (unpaired) electrons. The Kier molecular flexibility index (Phi) is 6.52. The minimum Gasteiger partial charge on any atom is -0.364 e. The lowest BCUT2D eigenvalue weighted by atomic mass is 9.99. The number of halogens is 6. The van der Waals surface area contributed by atoms with Crippen molar-refractivity contribution >= 4 is 5.91 Å². The summed E-state index contributed by atoms with van der Waals surface area (Å²) in [5.41, 5.74) is 5.27. The number of rotatable bonds is 2. The molecular weight excluding hydrogens is 454 g/mol. The lowest BCUT2D eigenvalue weighted by Crippen LogP contribution is -2.15. The first-order chi connectivity index (χ1) is 15.3. The van der Waals surface area contributed by atoms with Crippen LogP contribution in [0.15, 0.2) is 24.5 Å². The Labute approximate surface area is 184 Å². The molecule has 2 N–H and O–H groups in total. The van der Waals surface area contributed by atoms with E-state index in [1.807, 2.05) is 6.20 Å². The summed E-state index contributed by atoms with van der Waals surface area (Å²) in [6.45, 7) is 1.44. The Morgan fingerprint density at radius 1 is 1.06 bits per heavy atom. The molecule has 33 heavy (non-hydrogen) atoms. The number of nitrogens with zero attached hydrogens (tertiary/aromatic N) is 5. The zero-order valence-electron chi connectivity index (χ0n) is 17.6. The van der Waals surface area contributed by atoms with Crippen molar-refractivity contribution in [1.82, 2.24) is 24.5 Å². The van der Waals surface area contributed by atoms with Crippen molar-refractivity contribution in [2.24, 2.45) is 12.8 Å². The third-order valence-electron chi connectivity index (χ3n) is 5.10. The van der Waals surface area contributed by atoms with E-state index in [0.717, 1.165) is 41.6 Å². The number of alkyl halides is 6. The molecule has 0 saturated carbocycles. The van der Waals surface area contributed by atoms with Crippen molar-refractivity contribution < 1.29 is 31.1 Å². The molecule has 0 bridgehead atoms. The highest BCUT2D eigenvalue weighted by molar-refractivity contribution is 5.91. The van der Waals surface area contributed by atoms with Crippen LogP contribution in [0, 0.1) is 6.92 Å². The zero-order chi connectivity index (χ0) is 24.6. The summed E-state index contributed by atoms with van der Waals surface area (Å²) in [5, 5.41) is 7.52. The second-order valence-corrected chi connectivity index (χ2v) is 7.45. The number of nitrogens with two attached hydrogens (primary N) is 1. The number of carbonyl (C=O) groups excluding carboxylic acids is 1. The Balaban J connectivity index is 0.000000205. The first-order valence-corrected chi connectivity index (χ1v) is 9.80. The van der Waals surface area contributed by atoms with E-state index in [1.165, 1.54) is 20.2 Å². The van der Waals surface area contributed by atoms with Gasteiger partial charge in [0.05, 0.1) is 11.4 Å². The third-order valence-corrected chi connectivity index (χ3v) is 5.10. The number of primary amides is 1. The van der Waals surface area contributed by atoms with E-state index in [-0.39, 0.29) is 11.3 Å². The molecule has 13 heteroatoms. The molecule has 3 aromatic rings. The van der Waals surface area contributed by atoms with Gasteiger partial charge in [-0.1, -0.05) is 0 Å². The molecule has 0 atom stereocenters. The maximum Gasteiger partial charge on any atom is 0.435 e. The molecule has 0 fully saturated rings. The van der Waals surface area contributed by atoms with Gasteiger partial charge in [0.15, 0.2) is 5.69 Å². The molecule has 0 spiro atoms. The van der Waals surface area contributed by atoms with Gasteiger partial charge in [-0.3, -0.25) is 14.5 Å². The number of aromatic nitrogens is 5. The second-order valence-electron chi connectivity index (χ2n) is 7.45. The minimum absolute atomic E-state index is 0.111. The van der Waals surface area contributed by atoms with Crippen molar-refractivity contribution in [2.75, 3.05) is 0 Å². The number of hydrogen-bond donors (Lipinski definition) is 1. The van der Waals surface area contributed by atoms with Crippen molar-refractivity contribution in [3.05, 3.63) is 58.4 Å². The van der Waals surface area contributed by atoms with Gasteiger partial charge in [0, 0.05) is 31.1 Å². The SMILES string of the molecule is Cc1c(-n2cc3c(n2)CCCC3)ccnc1C(F)(F)F.Cn1nc(C(F)(F)F)cc1C(N)=O. The number of hydrogen-bond acceptors (Lipinski definition) is 4. The van der Waals surface area contributed by atoms with E-state index >= 15 is 0 Å². The number of fused-ring (bicyclic) bond motifs is 1. The van der Waals surface area contributed by atoms with E-state index in [1.54, 1.807) is 10.7 Å². The van der Waals surface area contributed by atoms with Crippen LogP contribution in [0.1, 0.15) is 51.5 Å². The number of pyridine rings is 1. The van der Waals surface area contributed by atoms with Crippen molar-refractivity contribution in [3.8, 4) is 5.69 Å². The maximum atomic E-state index is 12.9. The van der Waals surface area contributed by atoms with Crippen LogP contribution in [-0.2, 0) is 32.2 Å².